The summed E-state index contributed by atoms with van der Waals surface area (Å²) >= 11 is 6.25. The van der Waals surface area contributed by atoms with Crippen LogP contribution >= 0.6 is 25.1 Å². The molecule has 4 rings (SSSR count). The van der Waals surface area contributed by atoms with Gasteiger partial charge >= 0.3 is 5.97 Å². The number of hydrogen-bond donors (Lipinski definition) is 2. The highest BCUT2D eigenvalue weighted by Gasteiger charge is 2.18. The fourth-order valence-corrected chi connectivity index (χ4v) is 3.77. The molecule has 1 aliphatic heterocycles. The highest BCUT2D eigenvalue weighted by molar-refractivity contribution is 7.59. The highest BCUT2D eigenvalue weighted by atomic mass is 35.5. The number of amides is 1. The number of hydrogen-bond acceptors (Lipinski definition) is 8. The van der Waals surface area contributed by atoms with E-state index in [0.717, 1.165) is 24.2 Å². The zero-order valence-electron chi connectivity index (χ0n) is 19.4. The maximum atomic E-state index is 12.7. The molecule has 0 unspecified atom stereocenters. The van der Waals surface area contributed by atoms with E-state index in [1.165, 1.54) is 13.3 Å². The van der Waals surface area contributed by atoms with Gasteiger partial charge in [0, 0.05) is 48.6 Å². The molecule has 0 bridgehead atoms. The summed E-state index contributed by atoms with van der Waals surface area (Å²) in [6.07, 6.45) is 5.78. The predicted molar refractivity (Wildman–Crippen MR) is 135 cm³/mol. The summed E-state index contributed by atoms with van der Waals surface area (Å²) in [7, 11) is 0. The van der Waals surface area contributed by atoms with Crippen LogP contribution in [0.2, 0.25) is 5.02 Å². The second kappa shape index (κ2) is 12.0. The molecule has 10 nitrogen and oxygen atoms in total. The molecule has 0 radical (unpaired) electrons. The van der Waals surface area contributed by atoms with Gasteiger partial charge in [0.05, 0.1) is 12.6 Å². The molecule has 2 N–H and O–H groups in total. The van der Waals surface area contributed by atoms with E-state index >= 15 is 0 Å². The van der Waals surface area contributed by atoms with E-state index in [9.17, 15) is 9.59 Å². The number of nitrogens with one attached hydrogen (secondary N) is 2. The molecular weight excluding hydrogens is 492 g/mol. The topological polar surface area (TPSA) is 120 Å². The Bertz CT molecular complexity index is 1200. The lowest BCUT2D eigenvalue weighted by molar-refractivity contribution is -0.142. The number of anilines is 1. The molecule has 1 saturated heterocycles. The van der Waals surface area contributed by atoms with E-state index in [0.29, 0.717) is 29.0 Å². The fraction of sp³-hybridized carbons (Fsp3) is 0.348. The van der Waals surface area contributed by atoms with Crippen molar-refractivity contribution >= 4 is 42.9 Å². The van der Waals surface area contributed by atoms with Crippen molar-refractivity contribution in [3.05, 3.63) is 64.3 Å². The Kier molecular flexibility index (Phi) is 9.07. The van der Waals surface area contributed by atoms with Gasteiger partial charge in [-0.2, -0.15) is 18.5 Å². The quantitative estimate of drug-likeness (QED) is 0.437. The number of esters is 1. The molecule has 1 aliphatic rings. The third-order valence-electron chi connectivity index (χ3n) is 5.34. The van der Waals surface area contributed by atoms with E-state index in [4.69, 9.17) is 21.1 Å². The molecule has 2 aromatic heterocycles. The van der Waals surface area contributed by atoms with Gasteiger partial charge in [0.15, 0.2) is 0 Å². The van der Waals surface area contributed by atoms with Crippen molar-refractivity contribution in [1.29, 1.82) is 0 Å². The lowest BCUT2D eigenvalue weighted by Crippen LogP contribution is -2.24. The summed E-state index contributed by atoms with van der Waals surface area (Å²) in [4.78, 5) is 37.1. The van der Waals surface area contributed by atoms with Crippen molar-refractivity contribution in [2.45, 2.75) is 39.5 Å². The van der Waals surface area contributed by atoms with Crippen LogP contribution in [0.1, 0.15) is 40.5 Å². The van der Waals surface area contributed by atoms with E-state index in [-0.39, 0.29) is 44.3 Å². The number of rotatable bonds is 8. The number of nitrogens with zero attached hydrogens (tertiary/aromatic N) is 4. The number of ether oxygens (including phenoxy) is 2. The molecule has 1 atom stereocenters. The van der Waals surface area contributed by atoms with Crippen molar-refractivity contribution in [3.63, 3.8) is 0 Å². The van der Waals surface area contributed by atoms with E-state index in [1.807, 2.05) is 13.0 Å². The average molecular weight is 519 g/mol. The molecule has 0 spiro atoms. The van der Waals surface area contributed by atoms with Gasteiger partial charge in [-0.15, -0.1) is 0 Å². The van der Waals surface area contributed by atoms with Crippen LogP contribution in [0.3, 0.4) is 0 Å². The van der Waals surface area contributed by atoms with E-state index < -0.39 is 5.97 Å². The molecule has 0 saturated carbocycles. The number of aromatic nitrogens is 4. The van der Waals surface area contributed by atoms with Crippen LogP contribution in [-0.4, -0.2) is 50.7 Å². The Hall–Kier alpha value is -3.15. The Morgan fingerprint density at radius 3 is 2.89 bits per heavy atom. The second-order valence-corrected chi connectivity index (χ2v) is 8.32. The van der Waals surface area contributed by atoms with Gasteiger partial charge in [0.2, 0.25) is 5.95 Å². The minimum Gasteiger partial charge on any atom is -0.461 e. The van der Waals surface area contributed by atoms with Gasteiger partial charge in [-0.05, 0) is 25.0 Å². The molecule has 35 heavy (non-hydrogen) atoms. The minimum absolute atomic E-state index is 0. The van der Waals surface area contributed by atoms with Crippen LogP contribution in [0.25, 0.3) is 5.82 Å². The number of benzene rings is 1. The zero-order chi connectivity index (χ0) is 24.1. The maximum absolute atomic E-state index is 12.7. The minimum atomic E-state index is -0.407. The van der Waals surface area contributed by atoms with Gasteiger partial charge in [0.1, 0.15) is 24.4 Å². The molecule has 12 heteroatoms. The first kappa shape index (κ1) is 26.5. The normalized spacial score (nSPS) is 14.8. The first-order valence-corrected chi connectivity index (χ1v) is 11.2. The Labute approximate surface area is 214 Å². The van der Waals surface area contributed by atoms with Gasteiger partial charge < -0.3 is 20.1 Å². The molecular formula is C23H27ClN6O4S. The monoisotopic (exact) mass is 518 g/mol. The Morgan fingerprint density at radius 2 is 2.14 bits per heavy atom. The zero-order valence-corrected chi connectivity index (χ0v) is 21.1. The van der Waals surface area contributed by atoms with Crippen molar-refractivity contribution in [2.75, 3.05) is 18.5 Å². The summed E-state index contributed by atoms with van der Waals surface area (Å²) in [6, 6.07) is 5.48. The smallest absolute Gasteiger partial charge is 0.302 e. The number of imidazole rings is 1. The number of carbonyl (C=O) groups is 2. The third kappa shape index (κ3) is 6.71. The van der Waals surface area contributed by atoms with Crippen molar-refractivity contribution in [1.82, 2.24) is 24.8 Å². The summed E-state index contributed by atoms with van der Waals surface area (Å²) in [6.45, 7) is 4.80. The van der Waals surface area contributed by atoms with Crippen molar-refractivity contribution < 1.29 is 19.1 Å². The molecule has 1 fully saturated rings. The van der Waals surface area contributed by atoms with Crippen LogP contribution in [0.5, 0.6) is 0 Å². The molecule has 3 aromatic rings. The number of halogens is 1. The first-order valence-electron chi connectivity index (χ1n) is 10.8. The number of aryl methyl sites for hydroxylation is 1. The largest absolute Gasteiger partial charge is 0.461 e. The molecule has 1 aromatic carbocycles. The number of carbonyl (C=O) groups excluding carboxylic acids is 2. The molecule has 0 aliphatic carbocycles. The van der Waals surface area contributed by atoms with Crippen molar-refractivity contribution in [2.24, 2.45) is 0 Å². The predicted octanol–water partition coefficient (Wildman–Crippen LogP) is 2.93. The SMILES string of the molecule is CC(=O)OCc1c(Cl)cccc1CNC(=O)c1cn(-c2nc(N[C@H]3CCOC3)ncc2C)cn1.S. The van der Waals surface area contributed by atoms with Gasteiger partial charge in [0.25, 0.3) is 5.91 Å². The summed E-state index contributed by atoms with van der Waals surface area (Å²) < 4.78 is 12.2. The van der Waals surface area contributed by atoms with Crippen LogP contribution in [0.15, 0.2) is 36.9 Å². The highest BCUT2D eigenvalue weighted by Crippen LogP contribution is 2.21. The second-order valence-electron chi connectivity index (χ2n) is 7.91. The van der Waals surface area contributed by atoms with Crippen LogP contribution in [0.4, 0.5) is 5.95 Å². The van der Waals surface area contributed by atoms with Gasteiger partial charge in [-0.3, -0.25) is 14.2 Å². The summed E-state index contributed by atoms with van der Waals surface area (Å²) in [5.41, 5.74) is 2.47. The standard InChI is InChI=1S/C23H25ClN6O4.H2S/c1-14-8-26-23(28-17-6-7-33-11-17)29-21(14)30-10-20(27-13-30)22(32)25-9-16-4-3-5-19(24)18(16)12-34-15(2)31;/h3-5,8,10,13,17H,6-7,9,11-12H2,1-2H3,(H,25,32)(H,26,28,29);1H2/t17-;/m0./s1. The lowest BCUT2D eigenvalue weighted by Gasteiger charge is -2.13. The van der Waals surface area contributed by atoms with Gasteiger partial charge in [-0.1, -0.05) is 23.7 Å². The third-order valence-corrected chi connectivity index (χ3v) is 5.70. The van der Waals surface area contributed by atoms with Crippen LogP contribution < -0.4 is 10.6 Å². The van der Waals surface area contributed by atoms with Crippen molar-refractivity contribution in [3.8, 4) is 5.82 Å². The maximum Gasteiger partial charge on any atom is 0.302 e. The first-order chi connectivity index (χ1) is 16.4. The van der Waals surface area contributed by atoms with Gasteiger partial charge in [-0.25, -0.2) is 9.97 Å². The fourth-order valence-electron chi connectivity index (χ4n) is 3.52. The molecule has 3 heterocycles. The van der Waals surface area contributed by atoms with Crippen LogP contribution in [-0.2, 0) is 27.4 Å². The Morgan fingerprint density at radius 1 is 1.31 bits per heavy atom. The molecule has 1 amide bonds. The van der Waals surface area contributed by atoms with E-state index in [2.05, 4.69) is 25.6 Å². The van der Waals surface area contributed by atoms with E-state index in [1.54, 1.807) is 29.1 Å². The average Bonchev–Trinajstić information content (AvgIpc) is 3.50. The molecule has 186 valence electrons. The lowest BCUT2D eigenvalue weighted by atomic mass is 10.1. The summed E-state index contributed by atoms with van der Waals surface area (Å²) in [5.74, 6) is 0.360. The Balaban J connectivity index is 0.00000342. The summed E-state index contributed by atoms with van der Waals surface area (Å²) in [5, 5.41) is 6.57. The van der Waals surface area contributed by atoms with Crippen LogP contribution in [0, 0.1) is 6.92 Å².